The number of likely N-dealkylation sites (tertiary alicyclic amines) is 1. The van der Waals surface area contributed by atoms with Crippen LogP contribution in [0.5, 0.6) is 0 Å². The third kappa shape index (κ3) is 6.19. The maximum absolute atomic E-state index is 13.2. The smallest absolute Gasteiger partial charge is 0.276 e. The fourth-order valence-corrected chi connectivity index (χ4v) is 5.62. The van der Waals surface area contributed by atoms with Gasteiger partial charge < -0.3 is 10.2 Å². The van der Waals surface area contributed by atoms with Gasteiger partial charge in [-0.05, 0) is 80.0 Å². The van der Waals surface area contributed by atoms with Crippen molar-refractivity contribution in [3.8, 4) is 11.1 Å². The summed E-state index contributed by atoms with van der Waals surface area (Å²) in [6, 6.07) is 16.4. The maximum atomic E-state index is 13.2. The van der Waals surface area contributed by atoms with E-state index in [2.05, 4.69) is 66.5 Å². The molecule has 2 saturated heterocycles. The molecule has 2 N–H and O–H groups in total. The normalized spacial score (nSPS) is 17.5. The van der Waals surface area contributed by atoms with Gasteiger partial charge in [-0.25, -0.2) is 0 Å². The topological polar surface area (TPSA) is 80.4 Å². The van der Waals surface area contributed by atoms with Crippen LogP contribution in [-0.4, -0.2) is 82.1 Å². The minimum absolute atomic E-state index is 0.220. The lowest BCUT2D eigenvalue weighted by Crippen LogP contribution is -2.43. The van der Waals surface area contributed by atoms with E-state index >= 15 is 0 Å². The minimum Gasteiger partial charge on any atom is -0.321 e. The van der Waals surface area contributed by atoms with Crippen molar-refractivity contribution in [1.82, 2.24) is 29.9 Å². The number of carbonyl (C=O) groups excluding carboxylic acids is 1. The average Bonchev–Trinajstić information content (AvgIpc) is 3.40. The lowest BCUT2D eigenvalue weighted by molar-refractivity contribution is 0.102. The molecule has 2 aromatic heterocycles. The Labute approximate surface area is 230 Å². The van der Waals surface area contributed by atoms with Crippen molar-refractivity contribution in [2.45, 2.75) is 32.4 Å². The molecular formula is C31H37N7O. The van der Waals surface area contributed by atoms with E-state index in [0.29, 0.717) is 5.69 Å². The number of rotatable bonds is 7. The molecule has 0 bridgehead atoms. The third-order valence-electron chi connectivity index (χ3n) is 7.97. The number of pyridine rings is 1. The fourth-order valence-electron chi connectivity index (χ4n) is 5.62. The van der Waals surface area contributed by atoms with Crippen LogP contribution in [-0.2, 0) is 13.1 Å². The molecular weight excluding hydrogens is 486 g/mol. The number of anilines is 1. The number of carbonyl (C=O) groups is 1. The van der Waals surface area contributed by atoms with Gasteiger partial charge in [0.15, 0.2) is 5.69 Å². The van der Waals surface area contributed by atoms with Crippen molar-refractivity contribution < 1.29 is 4.79 Å². The van der Waals surface area contributed by atoms with Crippen LogP contribution in [0.3, 0.4) is 0 Å². The first-order valence-electron chi connectivity index (χ1n) is 14.1. The molecule has 6 rings (SSSR count). The largest absolute Gasteiger partial charge is 0.321 e. The second-order valence-corrected chi connectivity index (χ2v) is 11.0. The number of hydrogen-bond donors (Lipinski definition) is 2. The number of nitrogens with one attached hydrogen (secondary N) is 2. The number of benzene rings is 2. The second-order valence-electron chi connectivity index (χ2n) is 11.0. The summed E-state index contributed by atoms with van der Waals surface area (Å²) in [6.45, 7) is 8.55. The molecule has 0 spiro atoms. The number of aromatic amines is 1. The fraction of sp³-hybridized carbons (Fsp3) is 0.387. The Bertz CT molecular complexity index is 1420. The summed E-state index contributed by atoms with van der Waals surface area (Å²) in [5, 5.41) is 11.2. The molecule has 2 aliphatic rings. The number of H-pyrrole nitrogens is 1. The highest BCUT2D eigenvalue weighted by Crippen LogP contribution is 2.27. The second kappa shape index (κ2) is 11.7. The molecule has 1 amide bonds. The van der Waals surface area contributed by atoms with Gasteiger partial charge in [0.2, 0.25) is 0 Å². The number of amides is 1. The molecule has 0 saturated carbocycles. The van der Waals surface area contributed by atoms with Crippen LogP contribution >= 0.6 is 0 Å². The highest BCUT2D eigenvalue weighted by Gasteiger charge is 2.17. The SMILES string of the molecule is CN1CCN(Cc2ccc(NC(=O)c3n[nH]c4ccc(-c5cncc(CN6CCCCC6)c5)cc34)cc2)CC1. The molecule has 0 unspecified atom stereocenters. The zero-order chi connectivity index (χ0) is 26.6. The Morgan fingerprint density at radius 3 is 2.36 bits per heavy atom. The van der Waals surface area contributed by atoms with Crippen molar-refractivity contribution in [3.05, 3.63) is 77.7 Å². The molecule has 2 aliphatic heterocycles. The molecule has 4 aromatic rings. The van der Waals surface area contributed by atoms with Crippen molar-refractivity contribution in [2.24, 2.45) is 0 Å². The van der Waals surface area contributed by atoms with E-state index in [4.69, 9.17) is 0 Å². The van der Waals surface area contributed by atoms with Crippen molar-refractivity contribution in [3.63, 3.8) is 0 Å². The Morgan fingerprint density at radius 2 is 1.56 bits per heavy atom. The Balaban J connectivity index is 1.14. The Hall–Kier alpha value is -3.59. The van der Waals surface area contributed by atoms with Crippen molar-refractivity contribution >= 4 is 22.5 Å². The predicted octanol–water partition coefficient (Wildman–Crippen LogP) is 4.61. The van der Waals surface area contributed by atoms with Gasteiger partial charge in [0.25, 0.3) is 5.91 Å². The van der Waals surface area contributed by atoms with Crippen molar-refractivity contribution in [2.75, 3.05) is 51.6 Å². The number of hydrogen-bond acceptors (Lipinski definition) is 6. The minimum atomic E-state index is -0.220. The zero-order valence-electron chi connectivity index (χ0n) is 22.7. The first-order chi connectivity index (χ1) is 19.1. The van der Waals surface area contributed by atoms with E-state index in [9.17, 15) is 4.79 Å². The molecule has 202 valence electrons. The number of fused-ring (bicyclic) bond motifs is 1. The molecule has 8 nitrogen and oxygen atoms in total. The highest BCUT2D eigenvalue weighted by atomic mass is 16.1. The number of piperazine rings is 1. The van der Waals surface area contributed by atoms with Gasteiger partial charge in [-0.3, -0.25) is 24.7 Å². The van der Waals surface area contributed by atoms with Crippen LogP contribution in [0.15, 0.2) is 60.9 Å². The van der Waals surface area contributed by atoms with Crippen LogP contribution in [0.25, 0.3) is 22.0 Å². The number of aromatic nitrogens is 3. The molecule has 8 heteroatoms. The first kappa shape index (κ1) is 25.7. The van der Waals surface area contributed by atoms with Crippen LogP contribution in [0.1, 0.15) is 40.9 Å². The quantitative estimate of drug-likeness (QED) is 0.368. The molecule has 2 aromatic carbocycles. The van der Waals surface area contributed by atoms with Crippen LogP contribution in [0, 0.1) is 0 Å². The van der Waals surface area contributed by atoms with Gasteiger partial charge in [0.1, 0.15) is 0 Å². The molecule has 0 atom stereocenters. The van der Waals surface area contributed by atoms with E-state index in [-0.39, 0.29) is 5.91 Å². The summed E-state index contributed by atoms with van der Waals surface area (Å²) in [4.78, 5) is 25.1. The van der Waals surface area contributed by atoms with Crippen molar-refractivity contribution in [1.29, 1.82) is 0 Å². The molecule has 4 heterocycles. The van der Waals surface area contributed by atoms with Crippen LogP contribution in [0.2, 0.25) is 0 Å². The van der Waals surface area contributed by atoms with Gasteiger partial charge in [0, 0.05) is 68.3 Å². The number of likely N-dealkylation sites (N-methyl/N-ethyl adjacent to an activating group) is 1. The highest BCUT2D eigenvalue weighted by molar-refractivity contribution is 6.11. The maximum Gasteiger partial charge on any atom is 0.276 e. The lowest BCUT2D eigenvalue weighted by Gasteiger charge is -2.32. The number of piperidine rings is 1. The van der Waals surface area contributed by atoms with Gasteiger partial charge in [-0.2, -0.15) is 5.10 Å². The molecule has 39 heavy (non-hydrogen) atoms. The van der Waals surface area contributed by atoms with E-state index in [1.807, 2.05) is 36.7 Å². The van der Waals surface area contributed by atoms with E-state index in [1.54, 1.807) is 0 Å². The summed E-state index contributed by atoms with van der Waals surface area (Å²) in [7, 11) is 2.17. The van der Waals surface area contributed by atoms with Crippen LogP contribution < -0.4 is 5.32 Å². The predicted molar refractivity (Wildman–Crippen MR) is 156 cm³/mol. The Morgan fingerprint density at radius 1 is 0.821 bits per heavy atom. The summed E-state index contributed by atoms with van der Waals surface area (Å²) in [6.07, 6.45) is 7.73. The standard InChI is InChI=1S/C31H37N7O/c1-36-13-15-38(16-14-36)21-23-5-8-27(9-6-23)33-31(39)30-28-18-25(7-10-29(28)34-35-30)26-17-24(19-32-20-26)22-37-11-3-2-4-12-37/h5-10,17-20H,2-4,11-16,21-22H2,1H3,(H,33,39)(H,34,35). The van der Waals surface area contributed by atoms with Gasteiger partial charge in [-0.1, -0.05) is 24.6 Å². The zero-order valence-corrected chi connectivity index (χ0v) is 22.7. The summed E-state index contributed by atoms with van der Waals surface area (Å²) >= 11 is 0. The molecule has 0 aliphatic carbocycles. The monoisotopic (exact) mass is 523 g/mol. The average molecular weight is 524 g/mol. The van der Waals surface area contributed by atoms with Crippen LogP contribution in [0.4, 0.5) is 5.69 Å². The summed E-state index contributed by atoms with van der Waals surface area (Å²) in [5.41, 5.74) is 6.55. The van der Waals surface area contributed by atoms with Gasteiger partial charge in [-0.15, -0.1) is 0 Å². The lowest BCUT2D eigenvalue weighted by atomic mass is 10.0. The Kier molecular flexibility index (Phi) is 7.67. The molecule has 0 radical (unpaired) electrons. The van der Waals surface area contributed by atoms with Gasteiger partial charge in [0.05, 0.1) is 5.52 Å². The van der Waals surface area contributed by atoms with E-state index in [1.165, 1.54) is 30.4 Å². The summed E-state index contributed by atoms with van der Waals surface area (Å²) in [5.74, 6) is -0.220. The summed E-state index contributed by atoms with van der Waals surface area (Å²) < 4.78 is 0. The van der Waals surface area contributed by atoms with E-state index < -0.39 is 0 Å². The third-order valence-corrected chi connectivity index (χ3v) is 7.97. The number of nitrogens with zero attached hydrogens (tertiary/aromatic N) is 5. The first-order valence-corrected chi connectivity index (χ1v) is 14.1. The van der Waals surface area contributed by atoms with Gasteiger partial charge >= 0.3 is 0 Å². The van der Waals surface area contributed by atoms with E-state index in [0.717, 1.165) is 80.1 Å². The molecule has 2 fully saturated rings.